The predicted octanol–water partition coefficient (Wildman–Crippen LogP) is 1.63. The summed E-state index contributed by atoms with van der Waals surface area (Å²) in [7, 11) is 2.20. The van der Waals surface area contributed by atoms with Crippen LogP contribution in [0, 0.1) is 0 Å². The molecule has 1 N–H and O–H groups in total. The SMILES string of the molecule is CC(O)CCCN(C)C1CCC1. The Balaban J connectivity index is 1.98. The first-order valence-corrected chi connectivity index (χ1v) is 5.08. The van der Waals surface area contributed by atoms with E-state index in [2.05, 4.69) is 11.9 Å². The summed E-state index contributed by atoms with van der Waals surface area (Å²) in [6.45, 7) is 3.01. The normalized spacial score (nSPS) is 21.0. The Labute approximate surface area is 75.6 Å². The molecule has 0 radical (unpaired) electrons. The molecule has 0 heterocycles. The van der Waals surface area contributed by atoms with Crippen LogP contribution in [0.4, 0.5) is 0 Å². The van der Waals surface area contributed by atoms with Gasteiger partial charge in [-0.15, -0.1) is 0 Å². The van der Waals surface area contributed by atoms with Gasteiger partial charge in [0.05, 0.1) is 6.10 Å². The Morgan fingerprint density at radius 2 is 2.17 bits per heavy atom. The third-order valence-electron chi connectivity index (χ3n) is 2.83. The van der Waals surface area contributed by atoms with Gasteiger partial charge in [-0.05, 0) is 46.2 Å². The second kappa shape index (κ2) is 4.83. The molecule has 0 bridgehead atoms. The first kappa shape index (κ1) is 10.0. The van der Waals surface area contributed by atoms with Crippen molar-refractivity contribution in [2.75, 3.05) is 13.6 Å². The van der Waals surface area contributed by atoms with Crippen molar-refractivity contribution in [1.29, 1.82) is 0 Å². The van der Waals surface area contributed by atoms with Gasteiger partial charge in [-0.1, -0.05) is 6.42 Å². The minimum absolute atomic E-state index is 0.125. The molecular formula is C10H21NO. The van der Waals surface area contributed by atoms with Crippen LogP contribution in [0.15, 0.2) is 0 Å². The van der Waals surface area contributed by atoms with Gasteiger partial charge in [-0.3, -0.25) is 0 Å². The molecule has 2 nitrogen and oxygen atoms in total. The molecule has 1 atom stereocenters. The van der Waals surface area contributed by atoms with Crippen LogP contribution in [0.1, 0.15) is 39.0 Å². The van der Waals surface area contributed by atoms with Gasteiger partial charge in [0.1, 0.15) is 0 Å². The minimum Gasteiger partial charge on any atom is -0.393 e. The number of hydrogen-bond donors (Lipinski definition) is 1. The summed E-state index contributed by atoms with van der Waals surface area (Å²) < 4.78 is 0. The van der Waals surface area contributed by atoms with Crippen LogP contribution in [0.25, 0.3) is 0 Å². The highest BCUT2D eigenvalue weighted by molar-refractivity contribution is 4.77. The summed E-state index contributed by atoms with van der Waals surface area (Å²) >= 11 is 0. The molecule has 0 saturated heterocycles. The van der Waals surface area contributed by atoms with E-state index in [4.69, 9.17) is 5.11 Å². The molecule has 1 saturated carbocycles. The number of hydrogen-bond acceptors (Lipinski definition) is 2. The lowest BCUT2D eigenvalue weighted by molar-refractivity contribution is 0.139. The zero-order valence-electron chi connectivity index (χ0n) is 8.29. The van der Waals surface area contributed by atoms with Crippen molar-refractivity contribution >= 4 is 0 Å². The van der Waals surface area contributed by atoms with Gasteiger partial charge in [0, 0.05) is 6.04 Å². The van der Waals surface area contributed by atoms with Crippen molar-refractivity contribution in [1.82, 2.24) is 4.90 Å². The molecule has 0 aromatic heterocycles. The number of aliphatic hydroxyl groups excluding tert-OH is 1. The Bertz CT molecular complexity index is 121. The summed E-state index contributed by atoms with van der Waals surface area (Å²) in [5.41, 5.74) is 0. The summed E-state index contributed by atoms with van der Waals surface area (Å²) in [6.07, 6.45) is 6.11. The van der Waals surface area contributed by atoms with Gasteiger partial charge < -0.3 is 10.0 Å². The summed E-state index contributed by atoms with van der Waals surface area (Å²) in [6, 6.07) is 0.846. The first-order chi connectivity index (χ1) is 5.70. The highest BCUT2D eigenvalue weighted by Crippen LogP contribution is 2.23. The van der Waals surface area contributed by atoms with Crippen molar-refractivity contribution in [3.63, 3.8) is 0 Å². The average Bonchev–Trinajstić information content (AvgIpc) is 1.81. The Hall–Kier alpha value is -0.0800. The van der Waals surface area contributed by atoms with E-state index < -0.39 is 0 Å². The Kier molecular flexibility index (Phi) is 4.02. The van der Waals surface area contributed by atoms with Gasteiger partial charge in [0.15, 0.2) is 0 Å². The molecule has 1 fully saturated rings. The van der Waals surface area contributed by atoms with E-state index in [1.807, 2.05) is 6.92 Å². The highest BCUT2D eigenvalue weighted by Gasteiger charge is 2.21. The lowest BCUT2D eigenvalue weighted by atomic mass is 9.92. The summed E-state index contributed by atoms with van der Waals surface area (Å²) in [5.74, 6) is 0. The molecular weight excluding hydrogens is 150 g/mol. The van der Waals surface area contributed by atoms with Crippen LogP contribution in [0.2, 0.25) is 0 Å². The maximum Gasteiger partial charge on any atom is 0.0512 e. The molecule has 72 valence electrons. The molecule has 1 unspecified atom stereocenters. The van der Waals surface area contributed by atoms with E-state index in [1.54, 1.807) is 0 Å². The van der Waals surface area contributed by atoms with Crippen molar-refractivity contribution < 1.29 is 5.11 Å². The van der Waals surface area contributed by atoms with Crippen molar-refractivity contribution in [2.24, 2.45) is 0 Å². The second-order valence-corrected chi connectivity index (χ2v) is 4.06. The molecule has 1 aliphatic rings. The zero-order valence-corrected chi connectivity index (χ0v) is 8.29. The largest absolute Gasteiger partial charge is 0.393 e. The van der Waals surface area contributed by atoms with Crippen molar-refractivity contribution in [3.8, 4) is 0 Å². The van der Waals surface area contributed by atoms with Crippen LogP contribution in [0.3, 0.4) is 0 Å². The van der Waals surface area contributed by atoms with Crippen LogP contribution in [-0.2, 0) is 0 Å². The lowest BCUT2D eigenvalue weighted by Crippen LogP contribution is -2.37. The standard InChI is InChI=1S/C10H21NO/c1-9(12)5-4-8-11(2)10-6-3-7-10/h9-10,12H,3-8H2,1-2H3. The minimum atomic E-state index is -0.125. The van der Waals surface area contributed by atoms with Crippen LogP contribution in [0.5, 0.6) is 0 Å². The molecule has 0 amide bonds. The number of aliphatic hydroxyl groups is 1. The zero-order chi connectivity index (χ0) is 8.97. The molecule has 12 heavy (non-hydrogen) atoms. The molecule has 1 rings (SSSR count). The van der Waals surface area contributed by atoms with Gasteiger partial charge in [0.25, 0.3) is 0 Å². The van der Waals surface area contributed by atoms with Gasteiger partial charge >= 0.3 is 0 Å². The predicted molar refractivity (Wildman–Crippen MR) is 51.2 cm³/mol. The third-order valence-corrected chi connectivity index (χ3v) is 2.83. The fourth-order valence-corrected chi connectivity index (χ4v) is 1.65. The summed E-state index contributed by atoms with van der Waals surface area (Å²) in [4.78, 5) is 2.44. The van der Waals surface area contributed by atoms with Crippen LogP contribution < -0.4 is 0 Å². The Morgan fingerprint density at radius 1 is 1.50 bits per heavy atom. The Morgan fingerprint density at radius 3 is 2.58 bits per heavy atom. The van der Waals surface area contributed by atoms with E-state index in [9.17, 15) is 0 Å². The highest BCUT2D eigenvalue weighted by atomic mass is 16.3. The quantitative estimate of drug-likeness (QED) is 0.679. The maximum atomic E-state index is 9.06. The molecule has 0 spiro atoms. The smallest absolute Gasteiger partial charge is 0.0512 e. The van der Waals surface area contributed by atoms with Crippen molar-refractivity contribution in [3.05, 3.63) is 0 Å². The van der Waals surface area contributed by atoms with Gasteiger partial charge in [-0.25, -0.2) is 0 Å². The molecule has 0 aromatic carbocycles. The van der Waals surface area contributed by atoms with E-state index in [0.717, 1.165) is 25.4 Å². The summed E-state index contributed by atoms with van der Waals surface area (Å²) in [5, 5.41) is 9.06. The fourth-order valence-electron chi connectivity index (χ4n) is 1.65. The first-order valence-electron chi connectivity index (χ1n) is 5.08. The van der Waals surface area contributed by atoms with Crippen LogP contribution >= 0.6 is 0 Å². The average molecular weight is 171 g/mol. The number of rotatable bonds is 5. The molecule has 1 aliphatic carbocycles. The van der Waals surface area contributed by atoms with E-state index in [0.29, 0.717) is 0 Å². The molecule has 2 heteroatoms. The van der Waals surface area contributed by atoms with Gasteiger partial charge in [0.2, 0.25) is 0 Å². The fraction of sp³-hybridized carbons (Fsp3) is 1.00. The maximum absolute atomic E-state index is 9.06. The van der Waals surface area contributed by atoms with E-state index in [-0.39, 0.29) is 6.10 Å². The number of nitrogens with zero attached hydrogens (tertiary/aromatic N) is 1. The van der Waals surface area contributed by atoms with E-state index in [1.165, 1.54) is 19.3 Å². The second-order valence-electron chi connectivity index (χ2n) is 4.06. The van der Waals surface area contributed by atoms with Crippen molar-refractivity contribution in [2.45, 2.75) is 51.2 Å². The topological polar surface area (TPSA) is 23.5 Å². The lowest BCUT2D eigenvalue weighted by Gasteiger charge is -2.34. The monoisotopic (exact) mass is 171 g/mol. The molecule has 0 aliphatic heterocycles. The van der Waals surface area contributed by atoms with E-state index >= 15 is 0 Å². The van der Waals surface area contributed by atoms with Crippen LogP contribution in [-0.4, -0.2) is 35.7 Å². The third kappa shape index (κ3) is 3.11. The molecule has 0 aromatic rings. The van der Waals surface area contributed by atoms with Gasteiger partial charge in [-0.2, -0.15) is 0 Å².